The molecule has 1 fully saturated rings. The van der Waals surface area contributed by atoms with Crippen molar-refractivity contribution in [2.75, 3.05) is 26.5 Å². The second-order valence-electron chi connectivity index (χ2n) is 11.0. The first-order chi connectivity index (χ1) is 21.3. The van der Waals surface area contributed by atoms with Gasteiger partial charge in [0.15, 0.2) is 0 Å². The molecule has 4 unspecified atom stereocenters. The zero-order valence-corrected chi connectivity index (χ0v) is 28.7. The molecule has 45 heavy (non-hydrogen) atoms. The van der Waals surface area contributed by atoms with Gasteiger partial charge < -0.3 is 21.0 Å². The van der Waals surface area contributed by atoms with Gasteiger partial charge in [-0.2, -0.15) is 0 Å². The maximum Gasteiger partial charge on any atom is 0.251 e. The normalized spacial score (nSPS) is 17.2. The van der Waals surface area contributed by atoms with Crippen LogP contribution < -0.4 is 15.8 Å². The Hall–Kier alpha value is -3.19. The molecule has 11 nitrogen and oxygen atoms in total. The van der Waals surface area contributed by atoms with Crippen LogP contribution in [-0.2, 0) is 24.4 Å². The van der Waals surface area contributed by atoms with Crippen molar-refractivity contribution in [1.29, 1.82) is 0 Å². The van der Waals surface area contributed by atoms with Crippen LogP contribution in [0.5, 0.6) is 0 Å². The van der Waals surface area contributed by atoms with E-state index in [0.29, 0.717) is 23.8 Å². The van der Waals surface area contributed by atoms with Gasteiger partial charge in [-0.15, -0.1) is 0 Å². The molecule has 254 valence electrons. The van der Waals surface area contributed by atoms with Crippen LogP contribution in [0.3, 0.4) is 0 Å². The number of likely N-dealkylation sites (tertiary alicyclic amines) is 1. The van der Waals surface area contributed by atoms with E-state index in [1.165, 1.54) is 26.3 Å². The lowest BCUT2D eigenvalue weighted by molar-refractivity contribution is -0.122. The maximum atomic E-state index is 11.9. The fourth-order valence-electron chi connectivity index (χ4n) is 4.94. The summed E-state index contributed by atoms with van der Waals surface area (Å²) in [5.41, 5.74) is 5.08. The third-order valence-electron chi connectivity index (χ3n) is 7.18. The van der Waals surface area contributed by atoms with Crippen LogP contribution in [0.2, 0.25) is 0 Å². The fraction of sp³-hybridized carbons (Fsp3) is 0.576. The number of carbonyl (C=O) groups excluding carboxylic acids is 4. The van der Waals surface area contributed by atoms with Crippen molar-refractivity contribution in [2.45, 2.75) is 91.3 Å². The van der Waals surface area contributed by atoms with Gasteiger partial charge in [0.1, 0.15) is 12.1 Å². The molecule has 1 aliphatic heterocycles. The number of nitrogens with zero attached hydrogens (tertiary/aromatic N) is 1. The number of sulfonamides is 1. The zero-order valence-electron chi connectivity index (χ0n) is 27.9. The highest BCUT2D eigenvalue weighted by Crippen LogP contribution is 2.27. The first kappa shape index (κ1) is 41.8. The van der Waals surface area contributed by atoms with Gasteiger partial charge in [0.25, 0.3) is 5.91 Å². The highest BCUT2D eigenvalue weighted by molar-refractivity contribution is 7.89. The molecule has 0 saturated carbocycles. The van der Waals surface area contributed by atoms with E-state index in [2.05, 4.69) is 29.8 Å². The van der Waals surface area contributed by atoms with E-state index in [4.69, 9.17) is 5.11 Å². The lowest BCUT2D eigenvalue weighted by atomic mass is 10.1. The highest BCUT2D eigenvalue weighted by atomic mass is 32.2. The Morgan fingerprint density at radius 1 is 1.07 bits per heavy atom. The number of ketones is 1. The molecule has 5 N–H and O–H groups in total. The van der Waals surface area contributed by atoms with Crippen molar-refractivity contribution in [3.05, 3.63) is 48.0 Å². The Kier molecular flexibility index (Phi) is 20.8. The highest BCUT2D eigenvalue weighted by Gasteiger charge is 2.33. The Labute approximate surface area is 269 Å². The number of aliphatic hydroxyl groups excluding tert-OH is 1. The summed E-state index contributed by atoms with van der Waals surface area (Å²) >= 11 is 0. The van der Waals surface area contributed by atoms with Gasteiger partial charge >= 0.3 is 0 Å². The summed E-state index contributed by atoms with van der Waals surface area (Å²) in [5, 5.41) is 13.4. The number of Topliss-reactive ketones (excluding diaryl/α,β-unsaturated/α-hetero) is 1. The molecule has 12 heteroatoms. The second-order valence-corrected chi connectivity index (χ2v) is 12.7. The van der Waals surface area contributed by atoms with Crippen LogP contribution in [0.25, 0.3) is 10.8 Å². The van der Waals surface area contributed by atoms with Crippen LogP contribution in [0.1, 0.15) is 83.5 Å². The van der Waals surface area contributed by atoms with Crippen molar-refractivity contribution in [2.24, 2.45) is 11.7 Å². The Morgan fingerprint density at radius 2 is 1.69 bits per heavy atom. The van der Waals surface area contributed by atoms with Crippen LogP contribution >= 0.6 is 0 Å². The number of likely N-dealkylation sites (N-methyl/N-ethyl adjacent to an activating group) is 1. The van der Waals surface area contributed by atoms with E-state index in [9.17, 15) is 27.6 Å². The number of nitrogens with one attached hydrogen (secondary N) is 2. The summed E-state index contributed by atoms with van der Waals surface area (Å²) in [7, 11) is -1.96. The number of aliphatic hydroxyl groups is 1. The van der Waals surface area contributed by atoms with Gasteiger partial charge in [0.2, 0.25) is 15.9 Å². The van der Waals surface area contributed by atoms with E-state index in [-0.39, 0.29) is 30.9 Å². The predicted octanol–water partition coefficient (Wildman–Crippen LogP) is 3.43. The minimum atomic E-state index is -3.46. The van der Waals surface area contributed by atoms with Crippen molar-refractivity contribution < 1.29 is 32.7 Å². The number of fused-ring (bicyclic) bond motifs is 1. The summed E-state index contributed by atoms with van der Waals surface area (Å²) in [6.07, 6.45) is 7.06. The van der Waals surface area contributed by atoms with Crippen LogP contribution in [0.15, 0.2) is 42.5 Å². The quantitative estimate of drug-likeness (QED) is 0.251. The SMILES string of the molecule is CC(CO)CC(=O)NS(C)(=O)=O.CCC(C=O)NC(=O)c1ccc2ccccc2c1.CCCC1CCC(C(C)=O)N1CC.CN. The topological polar surface area (TPSA) is 176 Å². The fourth-order valence-corrected chi connectivity index (χ4v) is 5.44. The van der Waals surface area contributed by atoms with Gasteiger partial charge in [-0.3, -0.25) is 24.0 Å². The summed E-state index contributed by atoms with van der Waals surface area (Å²) in [4.78, 5) is 47.2. The number of carbonyl (C=O) groups is 4. The first-order valence-corrected chi connectivity index (χ1v) is 17.4. The molecule has 0 bridgehead atoms. The van der Waals surface area contributed by atoms with Gasteiger partial charge in [0.05, 0.1) is 18.3 Å². The molecule has 3 rings (SSSR count). The lowest BCUT2D eigenvalue weighted by Crippen LogP contribution is -2.39. The number of amides is 2. The van der Waals surface area contributed by atoms with Crippen LogP contribution in [-0.4, -0.2) is 86.9 Å². The van der Waals surface area contributed by atoms with Crippen LogP contribution in [0, 0.1) is 5.92 Å². The number of benzene rings is 2. The second kappa shape index (κ2) is 22.3. The molecule has 0 spiro atoms. The van der Waals surface area contributed by atoms with E-state index in [1.807, 2.05) is 43.3 Å². The van der Waals surface area contributed by atoms with Crippen LogP contribution in [0.4, 0.5) is 0 Å². The van der Waals surface area contributed by atoms with Gasteiger partial charge in [-0.05, 0) is 75.0 Å². The Balaban J connectivity index is 0.000000645. The molecule has 1 heterocycles. The standard InChI is InChI=1S/C15H15NO2.C11H21NO.C6H13NO4S.CH5N/c1-2-14(10-17)16-15(18)13-8-7-11-5-3-4-6-12(11)9-13;1-4-6-10-7-8-11(9(3)13)12(10)5-2;1-5(4-8)3-6(9)7-12(2,10)11;1-2/h3-10,14H,2H2,1H3,(H,16,18);10-11H,4-8H2,1-3H3;5,8H,3-4H2,1-2H3,(H,7,9);2H2,1H3. The minimum absolute atomic E-state index is 0.0174. The molecule has 2 aromatic rings. The van der Waals surface area contributed by atoms with Crippen molar-refractivity contribution in [3.8, 4) is 0 Å². The molecular weight excluding hydrogens is 596 g/mol. The van der Waals surface area contributed by atoms with E-state index in [1.54, 1.807) is 24.6 Å². The van der Waals surface area contributed by atoms with Gasteiger partial charge in [0, 0.05) is 24.6 Å². The molecule has 4 atom stereocenters. The average molecular weight is 651 g/mol. The minimum Gasteiger partial charge on any atom is -0.396 e. The molecule has 1 aliphatic rings. The van der Waals surface area contributed by atoms with E-state index in [0.717, 1.165) is 36.3 Å². The number of rotatable bonds is 12. The lowest BCUT2D eigenvalue weighted by Gasteiger charge is -2.27. The molecule has 2 amide bonds. The number of hydrogen-bond donors (Lipinski definition) is 4. The third kappa shape index (κ3) is 16.1. The number of nitrogens with two attached hydrogens (primary N) is 1. The Morgan fingerprint density at radius 3 is 2.18 bits per heavy atom. The monoisotopic (exact) mass is 650 g/mol. The summed E-state index contributed by atoms with van der Waals surface area (Å²) in [6.45, 7) is 10.5. The van der Waals surface area contributed by atoms with Gasteiger partial charge in [-0.1, -0.05) is 64.4 Å². The molecule has 0 aliphatic carbocycles. The summed E-state index contributed by atoms with van der Waals surface area (Å²) in [5.74, 6) is -0.661. The zero-order chi connectivity index (χ0) is 34.6. The third-order valence-corrected chi connectivity index (χ3v) is 7.77. The Bertz CT molecular complexity index is 1300. The van der Waals surface area contributed by atoms with Crippen molar-refractivity contribution in [1.82, 2.24) is 14.9 Å². The van der Waals surface area contributed by atoms with E-state index < -0.39 is 22.0 Å². The molecule has 2 aromatic carbocycles. The smallest absolute Gasteiger partial charge is 0.251 e. The molecule has 0 aromatic heterocycles. The predicted molar refractivity (Wildman–Crippen MR) is 180 cm³/mol. The maximum absolute atomic E-state index is 11.9. The summed E-state index contributed by atoms with van der Waals surface area (Å²) in [6, 6.07) is 13.9. The molecular formula is C33H54N4O7S. The van der Waals surface area contributed by atoms with Gasteiger partial charge in [-0.25, -0.2) is 8.42 Å². The molecule has 1 saturated heterocycles. The number of hydrogen-bond acceptors (Lipinski definition) is 9. The first-order valence-electron chi connectivity index (χ1n) is 15.5. The molecule has 0 radical (unpaired) electrons. The average Bonchev–Trinajstić information content (AvgIpc) is 3.43. The largest absolute Gasteiger partial charge is 0.396 e. The van der Waals surface area contributed by atoms with Crippen molar-refractivity contribution in [3.63, 3.8) is 0 Å². The number of aldehydes is 1. The van der Waals surface area contributed by atoms with Crippen molar-refractivity contribution >= 4 is 44.7 Å². The van der Waals surface area contributed by atoms with E-state index >= 15 is 0 Å². The summed E-state index contributed by atoms with van der Waals surface area (Å²) < 4.78 is 22.8.